The van der Waals surface area contributed by atoms with Crippen LogP contribution >= 0.6 is 0 Å². The molecule has 1 saturated carbocycles. The fourth-order valence-electron chi connectivity index (χ4n) is 1.70. The predicted molar refractivity (Wildman–Crippen MR) is 66.8 cm³/mol. The van der Waals surface area contributed by atoms with Crippen LogP contribution in [0.1, 0.15) is 20.3 Å². The van der Waals surface area contributed by atoms with Gasteiger partial charge < -0.3 is 5.73 Å². The van der Waals surface area contributed by atoms with Crippen LogP contribution in [0.4, 0.5) is 0 Å². The zero-order chi connectivity index (χ0) is 13.5. The van der Waals surface area contributed by atoms with E-state index in [1.54, 1.807) is 0 Å². The van der Waals surface area contributed by atoms with E-state index >= 15 is 0 Å². The van der Waals surface area contributed by atoms with E-state index in [9.17, 15) is 16.8 Å². The highest BCUT2D eigenvalue weighted by molar-refractivity contribution is 7.93. The van der Waals surface area contributed by atoms with E-state index in [4.69, 9.17) is 5.73 Å². The average molecular weight is 284 g/mol. The van der Waals surface area contributed by atoms with Gasteiger partial charge in [0.1, 0.15) is 9.84 Å². The molecule has 17 heavy (non-hydrogen) atoms. The van der Waals surface area contributed by atoms with Crippen molar-refractivity contribution >= 4 is 19.9 Å². The number of nitrogens with two attached hydrogens (primary N) is 1. The summed E-state index contributed by atoms with van der Waals surface area (Å²) < 4.78 is 47.7. The van der Waals surface area contributed by atoms with Crippen LogP contribution < -0.4 is 10.5 Å². The first-order valence-electron chi connectivity index (χ1n) is 5.37. The van der Waals surface area contributed by atoms with Crippen molar-refractivity contribution in [3.8, 4) is 0 Å². The van der Waals surface area contributed by atoms with E-state index in [1.807, 2.05) is 13.8 Å². The smallest absolute Gasteiger partial charge is 0.212 e. The Morgan fingerprint density at radius 2 is 1.76 bits per heavy atom. The minimum atomic E-state index is -3.55. The van der Waals surface area contributed by atoms with Crippen molar-refractivity contribution < 1.29 is 16.8 Å². The van der Waals surface area contributed by atoms with Gasteiger partial charge >= 0.3 is 0 Å². The Kier molecular flexibility index (Phi) is 3.93. The Bertz CT molecular complexity index is 481. The van der Waals surface area contributed by atoms with Crippen LogP contribution in [-0.2, 0) is 19.9 Å². The summed E-state index contributed by atoms with van der Waals surface area (Å²) in [5.74, 6) is -0.755. The predicted octanol–water partition coefficient (Wildman–Crippen LogP) is -0.924. The van der Waals surface area contributed by atoms with Gasteiger partial charge in [-0.25, -0.2) is 21.6 Å². The molecule has 1 aliphatic rings. The lowest BCUT2D eigenvalue weighted by atomic mass is 9.64. The summed E-state index contributed by atoms with van der Waals surface area (Å²) >= 11 is 0. The summed E-state index contributed by atoms with van der Waals surface area (Å²) in [7, 11) is -6.82. The highest BCUT2D eigenvalue weighted by atomic mass is 32.2. The van der Waals surface area contributed by atoms with Crippen LogP contribution in [0.3, 0.4) is 0 Å². The molecule has 2 atom stereocenters. The highest BCUT2D eigenvalue weighted by Crippen LogP contribution is 2.39. The third-order valence-electron chi connectivity index (χ3n) is 3.39. The molecule has 1 fully saturated rings. The number of sulfone groups is 1. The summed E-state index contributed by atoms with van der Waals surface area (Å²) in [5, 5.41) is 0. The molecular formula is C9H20N2O4S2. The van der Waals surface area contributed by atoms with Gasteiger partial charge in [0.25, 0.3) is 0 Å². The van der Waals surface area contributed by atoms with Crippen LogP contribution in [0.25, 0.3) is 0 Å². The van der Waals surface area contributed by atoms with Crippen LogP contribution in [0.5, 0.6) is 0 Å². The molecule has 0 radical (unpaired) electrons. The van der Waals surface area contributed by atoms with Crippen LogP contribution in [0.15, 0.2) is 0 Å². The number of sulfonamides is 1. The Labute approximate surface area is 103 Å². The topological polar surface area (TPSA) is 106 Å². The standard InChI is InChI=1S/C9H20N2O4S2/c1-9(2)7(10)6-8(9)11-17(14,15)5-4-16(3,12)13/h7-8,11H,4-6,10H2,1-3H3. The first kappa shape index (κ1) is 14.9. The molecule has 0 saturated heterocycles. The van der Waals surface area contributed by atoms with E-state index in [2.05, 4.69) is 4.72 Å². The van der Waals surface area contributed by atoms with Crippen LogP contribution in [0.2, 0.25) is 0 Å². The first-order chi connectivity index (χ1) is 7.44. The van der Waals surface area contributed by atoms with E-state index in [-0.39, 0.29) is 23.3 Å². The lowest BCUT2D eigenvalue weighted by molar-refractivity contribution is 0.0904. The van der Waals surface area contributed by atoms with E-state index in [1.165, 1.54) is 0 Å². The molecule has 1 rings (SSSR count). The lowest BCUT2D eigenvalue weighted by Crippen LogP contribution is -2.64. The van der Waals surface area contributed by atoms with Crippen molar-refractivity contribution in [3.63, 3.8) is 0 Å². The normalized spacial score (nSPS) is 28.7. The van der Waals surface area contributed by atoms with Crippen molar-refractivity contribution in [1.82, 2.24) is 4.72 Å². The Morgan fingerprint density at radius 3 is 2.12 bits per heavy atom. The summed E-state index contributed by atoms with van der Waals surface area (Å²) in [4.78, 5) is 0. The molecule has 0 amide bonds. The van der Waals surface area contributed by atoms with E-state index in [0.717, 1.165) is 6.26 Å². The van der Waals surface area contributed by atoms with Crippen molar-refractivity contribution in [2.45, 2.75) is 32.4 Å². The summed E-state index contributed by atoms with van der Waals surface area (Å²) in [6.07, 6.45) is 1.61. The van der Waals surface area contributed by atoms with Crippen LogP contribution in [-0.4, -0.2) is 46.7 Å². The molecule has 0 bridgehead atoms. The molecule has 3 N–H and O–H groups in total. The molecule has 102 valence electrons. The molecule has 0 spiro atoms. The fourth-order valence-corrected chi connectivity index (χ4v) is 4.74. The molecule has 0 aliphatic heterocycles. The Morgan fingerprint density at radius 1 is 1.24 bits per heavy atom. The summed E-state index contributed by atoms with van der Waals surface area (Å²) in [6.45, 7) is 3.79. The fraction of sp³-hybridized carbons (Fsp3) is 1.00. The Balaban J connectivity index is 2.58. The molecule has 0 aromatic rings. The number of nitrogens with one attached hydrogen (secondary N) is 1. The van der Waals surface area contributed by atoms with Crippen molar-refractivity contribution in [2.24, 2.45) is 11.1 Å². The molecule has 1 aliphatic carbocycles. The van der Waals surface area contributed by atoms with Gasteiger partial charge in [-0.1, -0.05) is 13.8 Å². The van der Waals surface area contributed by atoms with Crippen molar-refractivity contribution in [2.75, 3.05) is 17.8 Å². The zero-order valence-electron chi connectivity index (χ0n) is 10.3. The average Bonchev–Trinajstić information content (AvgIpc) is 2.13. The monoisotopic (exact) mass is 284 g/mol. The summed E-state index contributed by atoms with van der Waals surface area (Å²) in [5.41, 5.74) is 5.50. The molecule has 0 aromatic carbocycles. The zero-order valence-corrected chi connectivity index (χ0v) is 11.9. The minimum Gasteiger partial charge on any atom is -0.327 e. The molecule has 0 aromatic heterocycles. The second-order valence-electron chi connectivity index (χ2n) is 5.28. The van der Waals surface area contributed by atoms with Gasteiger partial charge in [0.15, 0.2) is 0 Å². The number of rotatable bonds is 5. The molecular weight excluding hydrogens is 264 g/mol. The quantitative estimate of drug-likeness (QED) is 0.679. The highest BCUT2D eigenvalue weighted by Gasteiger charge is 2.47. The lowest BCUT2D eigenvalue weighted by Gasteiger charge is -2.50. The Hall–Kier alpha value is -0.180. The number of hydrogen-bond acceptors (Lipinski definition) is 5. The van der Waals surface area contributed by atoms with Crippen molar-refractivity contribution in [3.05, 3.63) is 0 Å². The number of hydrogen-bond donors (Lipinski definition) is 2. The third-order valence-corrected chi connectivity index (χ3v) is 5.98. The van der Waals surface area contributed by atoms with Gasteiger partial charge in [-0.2, -0.15) is 0 Å². The maximum Gasteiger partial charge on any atom is 0.212 e. The molecule has 0 heterocycles. The van der Waals surface area contributed by atoms with E-state index < -0.39 is 25.6 Å². The summed E-state index contributed by atoms with van der Waals surface area (Å²) in [6, 6.07) is -0.229. The molecule has 6 nitrogen and oxygen atoms in total. The first-order valence-corrected chi connectivity index (χ1v) is 9.09. The SMILES string of the molecule is CC1(C)C(N)CC1NS(=O)(=O)CCS(C)(=O)=O. The second kappa shape index (κ2) is 4.49. The molecule has 2 unspecified atom stereocenters. The van der Waals surface area contributed by atoms with Gasteiger partial charge in [-0.3, -0.25) is 0 Å². The van der Waals surface area contributed by atoms with Gasteiger partial charge in [0.05, 0.1) is 11.5 Å². The van der Waals surface area contributed by atoms with Crippen molar-refractivity contribution in [1.29, 1.82) is 0 Å². The van der Waals surface area contributed by atoms with Gasteiger partial charge in [0, 0.05) is 18.3 Å². The van der Waals surface area contributed by atoms with E-state index in [0.29, 0.717) is 6.42 Å². The maximum absolute atomic E-state index is 11.7. The third kappa shape index (κ3) is 3.90. The largest absolute Gasteiger partial charge is 0.327 e. The van der Waals surface area contributed by atoms with Crippen LogP contribution in [0, 0.1) is 5.41 Å². The minimum absolute atomic E-state index is 0.0230. The second-order valence-corrected chi connectivity index (χ2v) is 9.42. The molecule has 8 heteroatoms. The van der Waals surface area contributed by atoms with Gasteiger partial charge in [0.2, 0.25) is 10.0 Å². The maximum atomic E-state index is 11.7. The van der Waals surface area contributed by atoms with Gasteiger partial charge in [-0.05, 0) is 11.8 Å². The van der Waals surface area contributed by atoms with Gasteiger partial charge in [-0.15, -0.1) is 0 Å².